The van der Waals surface area contributed by atoms with E-state index in [0.29, 0.717) is 17.0 Å². The Kier molecular flexibility index (Phi) is 3.52. The number of aryl methyl sites for hydroxylation is 1. The van der Waals surface area contributed by atoms with Crippen LogP contribution in [0.2, 0.25) is 5.02 Å². The van der Waals surface area contributed by atoms with Crippen LogP contribution in [0, 0.1) is 12.7 Å². The zero-order valence-electron chi connectivity index (χ0n) is 11.5. The monoisotopic (exact) mass is 300 g/mol. The molecule has 2 N–H and O–H groups in total. The molecule has 2 aromatic carbocycles. The third kappa shape index (κ3) is 2.57. The number of benzene rings is 2. The Labute approximate surface area is 127 Å². The molecule has 0 atom stereocenters. The number of anilines is 1. The van der Waals surface area contributed by atoms with Crippen molar-refractivity contribution in [3.05, 3.63) is 70.3 Å². The molecule has 0 saturated carbocycles. The first-order chi connectivity index (χ1) is 10.1. The van der Waals surface area contributed by atoms with Crippen molar-refractivity contribution in [2.75, 3.05) is 5.73 Å². The van der Waals surface area contributed by atoms with Crippen LogP contribution in [-0.2, 0) is 6.42 Å². The molecule has 0 amide bonds. The number of nitrogens with two attached hydrogens (primary N) is 1. The van der Waals surface area contributed by atoms with Crippen LogP contribution in [0.3, 0.4) is 0 Å². The van der Waals surface area contributed by atoms with Gasteiger partial charge in [0.15, 0.2) is 0 Å². The Morgan fingerprint density at radius 2 is 1.95 bits per heavy atom. The maximum atomic E-state index is 13.9. The van der Waals surface area contributed by atoms with E-state index < -0.39 is 0 Å². The molecular weight excluding hydrogens is 287 g/mol. The predicted molar refractivity (Wildman–Crippen MR) is 85.1 cm³/mol. The molecule has 3 rings (SSSR count). The summed E-state index contributed by atoms with van der Waals surface area (Å²) in [6.45, 7) is 1.97. The molecule has 1 heterocycles. The third-order valence-electron chi connectivity index (χ3n) is 3.66. The van der Waals surface area contributed by atoms with Gasteiger partial charge in [-0.25, -0.2) is 4.39 Å². The van der Waals surface area contributed by atoms with Crippen molar-refractivity contribution in [1.29, 1.82) is 0 Å². The van der Waals surface area contributed by atoms with Gasteiger partial charge in [-0.2, -0.15) is 0 Å². The number of hydrogen-bond acceptors (Lipinski definition) is 2. The fraction of sp³-hybridized carbons (Fsp3) is 0.118. The van der Waals surface area contributed by atoms with E-state index in [2.05, 4.69) is 4.98 Å². The largest absolute Gasteiger partial charge is 0.398 e. The van der Waals surface area contributed by atoms with E-state index in [-0.39, 0.29) is 5.82 Å². The third-order valence-corrected chi connectivity index (χ3v) is 3.90. The van der Waals surface area contributed by atoms with Crippen molar-refractivity contribution in [2.45, 2.75) is 13.3 Å². The van der Waals surface area contributed by atoms with Crippen LogP contribution in [0.4, 0.5) is 10.1 Å². The van der Waals surface area contributed by atoms with E-state index in [4.69, 9.17) is 17.3 Å². The van der Waals surface area contributed by atoms with Gasteiger partial charge >= 0.3 is 0 Å². The smallest absolute Gasteiger partial charge is 0.128 e. The highest BCUT2D eigenvalue weighted by Crippen LogP contribution is 2.27. The summed E-state index contributed by atoms with van der Waals surface area (Å²) in [5, 5.41) is 2.30. The van der Waals surface area contributed by atoms with Crippen molar-refractivity contribution in [2.24, 2.45) is 0 Å². The average molecular weight is 301 g/mol. The van der Waals surface area contributed by atoms with Crippen molar-refractivity contribution < 1.29 is 4.39 Å². The first-order valence-electron chi connectivity index (χ1n) is 6.63. The maximum Gasteiger partial charge on any atom is 0.128 e. The zero-order valence-corrected chi connectivity index (χ0v) is 12.3. The Balaban J connectivity index is 2.11. The lowest BCUT2D eigenvalue weighted by Crippen LogP contribution is -1.99. The van der Waals surface area contributed by atoms with Crippen LogP contribution in [0.5, 0.6) is 0 Å². The topological polar surface area (TPSA) is 38.9 Å². The molecule has 0 aliphatic carbocycles. The van der Waals surface area contributed by atoms with Crippen LogP contribution in [0.25, 0.3) is 10.8 Å². The summed E-state index contributed by atoms with van der Waals surface area (Å²) >= 11 is 5.78. The Hall–Kier alpha value is -2.13. The van der Waals surface area contributed by atoms with Crippen LogP contribution in [0.15, 0.2) is 42.6 Å². The van der Waals surface area contributed by atoms with Crippen molar-refractivity contribution in [1.82, 2.24) is 4.98 Å². The normalized spacial score (nSPS) is 11.0. The molecule has 0 unspecified atom stereocenters. The molecule has 3 aromatic rings. The quantitative estimate of drug-likeness (QED) is 0.707. The van der Waals surface area contributed by atoms with Crippen molar-refractivity contribution in [3.63, 3.8) is 0 Å². The van der Waals surface area contributed by atoms with Crippen LogP contribution < -0.4 is 5.73 Å². The van der Waals surface area contributed by atoms with Crippen LogP contribution in [-0.4, -0.2) is 4.98 Å². The van der Waals surface area contributed by atoms with E-state index in [9.17, 15) is 4.39 Å². The van der Waals surface area contributed by atoms with E-state index in [1.165, 1.54) is 6.07 Å². The summed E-state index contributed by atoms with van der Waals surface area (Å²) in [6.07, 6.45) is 2.12. The zero-order chi connectivity index (χ0) is 15.0. The maximum absolute atomic E-state index is 13.9. The van der Waals surface area contributed by atoms with E-state index >= 15 is 0 Å². The van der Waals surface area contributed by atoms with Gasteiger partial charge in [0.25, 0.3) is 0 Å². The minimum absolute atomic E-state index is 0.318. The second kappa shape index (κ2) is 5.34. The molecule has 2 nitrogen and oxygen atoms in total. The van der Waals surface area contributed by atoms with Gasteiger partial charge in [0.1, 0.15) is 5.82 Å². The molecule has 0 aliphatic heterocycles. The summed E-state index contributed by atoms with van der Waals surface area (Å²) in [7, 11) is 0. The van der Waals surface area contributed by atoms with Crippen LogP contribution in [0.1, 0.15) is 16.8 Å². The lowest BCUT2D eigenvalue weighted by Gasteiger charge is -2.10. The van der Waals surface area contributed by atoms with E-state index in [1.54, 1.807) is 18.3 Å². The minimum Gasteiger partial charge on any atom is -0.398 e. The molecule has 4 heteroatoms. The molecule has 0 saturated heterocycles. The van der Waals surface area contributed by atoms with Crippen molar-refractivity contribution in [3.8, 4) is 0 Å². The number of nitrogen functional groups attached to an aromatic ring is 1. The minimum atomic E-state index is -0.318. The number of hydrogen-bond donors (Lipinski definition) is 1. The number of fused-ring (bicyclic) bond motifs is 1. The average Bonchev–Trinajstić information content (AvgIpc) is 2.46. The summed E-state index contributed by atoms with van der Waals surface area (Å²) in [5.41, 5.74) is 9.25. The van der Waals surface area contributed by atoms with Gasteiger partial charge in [0.2, 0.25) is 0 Å². The van der Waals surface area contributed by atoms with Gasteiger partial charge in [-0.15, -0.1) is 0 Å². The highest BCUT2D eigenvalue weighted by atomic mass is 35.5. The second-order valence-corrected chi connectivity index (χ2v) is 5.50. The molecule has 1 aromatic heterocycles. The molecule has 0 aliphatic rings. The van der Waals surface area contributed by atoms with Gasteiger partial charge in [-0.1, -0.05) is 29.8 Å². The molecule has 21 heavy (non-hydrogen) atoms. The number of aromatic nitrogens is 1. The molecular formula is C17H14ClFN2. The fourth-order valence-electron chi connectivity index (χ4n) is 2.43. The highest BCUT2D eigenvalue weighted by Gasteiger charge is 2.10. The molecule has 0 spiro atoms. The summed E-state index contributed by atoms with van der Waals surface area (Å²) in [6, 6.07) is 10.5. The number of pyridine rings is 1. The molecule has 0 fully saturated rings. The van der Waals surface area contributed by atoms with E-state index in [0.717, 1.165) is 27.7 Å². The lowest BCUT2D eigenvalue weighted by atomic mass is 10.0. The van der Waals surface area contributed by atoms with Gasteiger partial charge in [0, 0.05) is 34.1 Å². The Bertz CT molecular complexity index is 830. The SMILES string of the molecule is Cc1ccc2c(Cc3ccc(Cl)cc3F)nccc2c1N. The summed E-state index contributed by atoms with van der Waals surface area (Å²) in [4.78, 5) is 4.38. The fourth-order valence-corrected chi connectivity index (χ4v) is 2.59. The first-order valence-corrected chi connectivity index (χ1v) is 7.00. The van der Waals surface area contributed by atoms with Gasteiger partial charge in [-0.3, -0.25) is 4.98 Å². The standard InChI is InChI=1S/C17H14ClFN2/c1-10-2-5-13-14(17(10)20)6-7-21-16(13)8-11-3-4-12(18)9-15(11)19/h2-7,9H,8,20H2,1H3. The van der Waals surface area contributed by atoms with Gasteiger partial charge in [-0.05, 0) is 36.2 Å². The predicted octanol–water partition coefficient (Wildman–Crippen LogP) is 4.51. The molecule has 106 valence electrons. The highest BCUT2D eigenvalue weighted by molar-refractivity contribution is 6.30. The van der Waals surface area contributed by atoms with E-state index in [1.807, 2.05) is 25.1 Å². The second-order valence-electron chi connectivity index (χ2n) is 5.06. The lowest BCUT2D eigenvalue weighted by molar-refractivity contribution is 0.613. The summed E-state index contributed by atoms with van der Waals surface area (Å²) < 4.78 is 13.9. The first kappa shape index (κ1) is 13.8. The van der Waals surface area contributed by atoms with Crippen LogP contribution >= 0.6 is 11.6 Å². The number of rotatable bonds is 2. The van der Waals surface area contributed by atoms with Crippen molar-refractivity contribution >= 4 is 28.1 Å². The van der Waals surface area contributed by atoms with Gasteiger partial charge in [0.05, 0.1) is 5.69 Å². The number of halogens is 2. The molecule has 0 bridgehead atoms. The summed E-state index contributed by atoms with van der Waals surface area (Å²) in [5.74, 6) is -0.318. The van der Waals surface area contributed by atoms with Gasteiger partial charge < -0.3 is 5.73 Å². The Morgan fingerprint density at radius 3 is 2.71 bits per heavy atom. The number of nitrogens with zero attached hydrogens (tertiary/aromatic N) is 1. The Morgan fingerprint density at radius 1 is 1.14 bits per heavy atom. The molecule has 0 radical (unpaired) electrons.